The van der Waals surface area contributed by atoms with Gasteiger partial charge in [-0.1, -0.05) is 4.48 Å². The summed E-state index contributed by atoms with van der Waals surface area (Å²) in [6.45, 7) is 0. The molecule has 0 N–H and O–H groups in total. The smallest absolute Gasteiger partial charge is 0.442 e. The second-order valence-corrected chi connectivity index (χ2v) is 2.46. The molecule has 0 aromatic heterocycles. The van der Waals surface area contributed by atoms with Crippen LogP contribution in [0.1, 0.15) is 10.4 Å². The lowest BCUT2D eigenvalue weighted by molar-refractivity contribution is 0.112. The molecule has 1 aromatic carbocycles. The number of aldehydes is 1. The van der Waals surface area contributed by atoms with E-state index in [1.165, 1.54) is 24.3 Å². The van der Waals surface area contributed by atoms with Crippen LogP contribution in [0, 0.1) is 0 Å². The van der Waals surface area contributed by atoms with Crippen molar-refractivity contribution < 1.29 is 18.8 Å². The average Bonchev–Trinajstić information content (AvgIpc) is 2.27. The van der Waals surface area contributed by atoms with Gasteiger partial charge in [-0.2, -0.15) is 0 Å². The molecule has 74 valence electrons. The zero-order valence-electron chi connectivity index (χ0n) is 7.44. The number of carbonyl (C=O) groups is 2. The van der Waals surface area contributed by atoms with Gasteiger partial charge in [0.05, 0.1) is 12.8 Å². The topological polar surface area (TPSA) is 46.6 Å². The normalized spacial score (nSPS) is 9.29. The molecule has 1 aromatic rings. The highest BCUT2D eigenvalue weighted by molar-refractivity contribution is 5.85. The number of rotatable bonds is 2. The molecule has 0 aliphatic carbocycles. The van der Waals surface area contributed by atoms with E-state index in [1.807, 2.05) is 0 Å². The molecule has 0 unspecified atom stereocenters. The van der Waals surface area contributed by atoms with Crippen molar-refractivity contribution in [3.63, 3.8) is 0 Å². The number of hydrogen-bond donors (Lipinski definition) is 0. The van der Waals surface area contributed by atoms with Crippen molar-refractivity contribution in [3.8, 4) is 0 Å². The van der Waals surface area contributed by atoms with Crippen molar-refractivity contribution in [3.05, 3.63) is 29.8 Å². The number of nitrogens with zero attached hydrogens (tertiary/aromatic N) is 1. The summed E-state index contributed by atoms with van der Waals surface area (Å²) < 4.78 is 17.2. The Kier molecular flexibility index (Phi) is 3.17. The Morgan fingerprint density at radius 1 is 1.43 bits per heavy atom. The number of ether oxygens (including phenoxy) is 1. The Labute approximate surface area is 79.8 Å². The molecular formula is C9H8FNO3. The lowest BCUT2D eigenvalue weighted by atomic mass is 10.2. The molecule has 0 bridgehead atoms. The minimum atomic E-state index is -1.11. The van der Waals surface area contributed by atoms with Gasteiger partial charge in [0.15, 0.2) is 0 Å². The molecule has 5 heteroatoms. The molecule has 14 heavy (non-hydrogen) atoms. The van der Waals surface area contributed by atoms with Crippen LogP contribution in [-0.2, 0) is 4.74 Å². The SMILES string of the molecule is COC(=O)N(F)c1ccc(C=O)cc1. The third-order valence-electron chi connectivity index (χ3n) is 1.59. The van der Waals surface area contributed by atoms with Crippen molar-refractivity contribution in [2.45, 2.75) is 0 Å². The molecule has 0 aliphatic heterocycles. The van der Waals surface area contributed by atoms with Gasteiger partial charge in [-0.15, -0.1) is 5.12 Å². The molecular weight excluding hydrogens is 189 g/mol. The van der Waals surface area contributed by atoms with Crippen LogP contribution in [0.5, 0.6) is 0 Å². The van der Waals surface area contributed by atoms with Crippen molar-refractivity contribution in [1.29, 1.82) is 0 Å². The van der Waals surface area contributed by atoms with Crippen molar-refractivity contribution in [2.75, 3.05) is 12.2 Å². The first kappa shape index (κ1) is 10.2. The predicted octanol–water partition coefficient (Wildman–Crippen LogP) is 1.96. The molecule has 0 atom stereocenters. The maximum absolute atomic E-state index is 13.0. The lowest BCUT2D eigenvalue weighted by Crippen LogP contribution is -2.21. The summed E-state index contributed by atoms with van der Waals surface area (Å²) in [5, 5.41) is -0.144. The molecule has 1 rings (SSSR count). The Balaban J connectivity index is 2.86. The number of halogens is 1. The standard InChI is InChI=1S/C9H8FNO3/c1-14-9(13)11(10)8-4-2-7(6-12)3-5-8/h2-6H,1H3. The molecule has 0 saturated heterocycles. The summed E-state index contributed by atoms with van der Waals surface area (Å²) in [6, 6.07) is 5.41. The molecule has 0 spiro atoms. The van der Waals surface area contributed by atoms with Gasteiger partial charge in [0, 0.05) is 5.56 Å². The van der Waals surface area contributed by atoms with Gasteiger partial charge in [-0.3, -0.25) is 4.79 Å². The summed E-state index contributed by atoms with van der Waals surface area (Å²) in [6.07, 6.45) is -0.478. The van der Waals surface area contributed by atoms with Crippen LogP contribution in [0.3, 0.4) is 0 Å². The van der Waals surface area contributed by atoms with Gasteiger partial charge >= 0.3 is 6.09 Å². The van der Waals surface area contributed by atoms with Crippen LogP contribution in [-0.4, -0.2) is 19.5 Å². The summed E-state index contributed by atoms with van der Waals surface area (Å²) >= 11 is 0. The quantitative estimate of drug-likeness (QED) is 0.537. The largest absolute Gasteiger partial charge is 0.451 e. The first-order valence-electron chi connectivity index (χ1n) is 3.78. The molecule has 0 fully saturated rings. The highest BCUT2D eigenvalue weighted by Crippen LogP contribution is 2.15. The molecule has 4 nitrogen and oxygen atoms in total. The summed E-state index contributed by atoms with van der Waals surface area (Å²) in [5.41, 5.74) is 0.425. The summed E-state index contributed by atoms with van der Waals surface area (Å²) in [4.78, 5) is 21.0. The first-order chi connectivity index (χ1) is 6.69. The zero-order valence-corrected chi connectivity index (χ0v) is 7.44. The van der Waals surface area contributed by atoms with Crippen molar-refractivity contribution in [2.24, 2.45) is 0 Å². The van der Waals surface area contributed by atoms with E-state index < -0.39 is 6.09 Å². The maximum Gasteiger partial charge on any atom is 0.442 e. The van der Waals surface area contributed by atoms with Gasteiger partial charge < -0.3 is 4.74 Å². The van der Waals surface area contributed by atoms with Crippen LogP contribution in [0.15, 0.2) is 24.3 Å². The van der Waals surface area contributed by atoms with Gasteiger partial charge in [-0.05, 0) is 24.3 Å². The van der Waals surface area contributed by atoms with Crippen LogP contribution in [0.4, 0.5) is 15.0 Å². The molecule has 1 amide bonds. The van der Waals surface area contributed by atoms with Crippen molar-refractivity contribution >= 4 is 18.1 Å². The molecule has 0 heterocycles. The number of benzene rings is 1. The fourth-order valence-corrected chi connectivity index (χ4v) is 0.869. The van der Waals surface area contributed by atoms with E-state index in [2.05, 4.69) is 4.74 Å². The second kappa shape index (κ2) is 4.36. The van der Waals surface area contributed by atoms with Gasteiger partial charge in [0.1, 0.15) is 6.29 Å². The Morgan fingerprint density at radius 2 is 2.00 bits per heavy atom. The van der Waals surface area contributed by atoms with E-state index in [9.17, 15) is 14.1 Å². The molecule has 0 saturated carbocycles. The van der Waals surface area contributed by atoms with Crippen LogP contribution >= 0.6 is 0 Å². The van der Waals surface area contributed by atoms with E-state index >= 15 is 0 Å². The zero-order chi connectivity index (χ0) is 10.6. The fourth-order valence-electron chi connectivity index (χ4n) is 0.869. The Bertz CT molecular complexity index is 336. The minimum Gasteiger partial charge on any atom is -0.451 e. The van der Waals surface area contributed by atoms with E-state index in [-0.39, 0.29) is 10.8 Å². The lowest BCUT2D eigenvalue weighted by Gasteiger charge is -2.09. The highest BCUT2D eigenvalue weighted by atomic mass is 19.2. The van der Waals surface area contributed by atoms with E-state index in [0.29, 0.717) is 11.8 Å². The summed E-state index contributed by atoms with van der Waals surface area (Å²) in [7, 11) is 1.08. The van der Waals surface area contributed by atoms with Gasteiger partial charge in [-0.25, -0.2) is 4.79 Å². The third kappa shape index (κ3) is 2.07. The predicted molar refractivity (Wildman–Crippen MR) is 47.8 cm³/mol. The Hall–Kier alpha value is -1.91. The minimum absolute atomic E-state index is 0.0162. The number of anilines is 1. The second-order valence-electron chi connectivity index (χ2n) is 2.46. The molecule has 0 radical (unpaired) electrons. The van der Waals surface area contributed by atoms with Crippen LogP contribution in [0.2, 0.25) is 0 Å². The highest BCUT2D eigenvalue weighted by Gasteiger charge is 2.14. The van der Waals surface area contributed by atoms with Gasteiger partial charge in [0.25, 0.3) is 0 Å². The van der Waals surface area contributed by atoms with E-state index in [1.54, 1.807) is 0 Å². The monoisotopic (exact) mass is 197 g/mol. The summed E-state index contributed by atoms with van der Waals surface area (Å²) in [5.74, 6) is 0. The van der Waals surface area contributed by atoms with Gasteiger partial charge in [0.2, 0.25) is 0 Å². The number of methoxy groups -OCH3 is 1. The van der Waals surface area contributed by atoms with E-state index in [4.69, 9.17) is 0 Å². The van der Waals surface area contributed by atoms with Crippen LogP contribution < -0.4 is 5.12 Å². The molecule has 0 aliphatic rings. The number of amides is 1. The van der Waals surface area contributed by atoms with E-state index in [0.717, 1.165) is 7.11 Å². The number of carbonyl (C=O) groups excluding carboxylic acids is 2. The Morgan fingerprint density at radius 3 is 2.43 bits per heavy atom. The fraction of sp³-hybridized carbons (Fsp3) is 0.111. The van der Waals surface area contributed by atoms with Crippen molar-refractivity contribution in [1.82, 2.24) is 0 Å². The number of hydrogen-bond acceptors (Lipinski definition) is 3. The first-order valence-corrected chi connectivity index (χ1v) is 3.78. The third-order valence-corrected chi connectivity index (χ3v) is 1.59. The average molecular weight is 197 g/mol. The maximum atomic E-state index is 13.0. The van der Waals surface area contributed by atoms with Crippen LogP contribution in [0.25, 0.3) is 0 Å².